The van der Waals surface area contributed by atoms with E-state index in [2.05, 4.69) is 10.3 Å². The van der Waals surface area contributed by atoms with Crippen molar-refractivity contribution in [1.29, 1.82) is 5.26 Å². The van der Waals surface area contributed by atoms with E-state index in [4.69, 9.17) is 54.7 Å². The maximum absolute atomic E-state index is 15.1. The van der Waals surface area contributed by atoms with Crippen LogP contribution < -0.4 is 10.1 Å². The summed E-state index contributed by atoms with van der Waals surface area (Å²) in [7, 11) is 0. The Morgan fingerprint density at radius 3 is 2.36 bits per heavy atom. The number of aromatic amines is 1. The van der Waals surface area contributed by atoms with Crippen molar-refractivity contribution in [2.24, 2.45) is 0 Å². The first kappa shape index (κ1) is 29.6. The number of carboxylic acid groups (broad SMARTS) is 1. The van der Waals surface area contributed by atoms with Crippen LogP contribution in [0.3, 0.4) is 0 Å². The SMILES string of the molecule is N#Cc1cc(Cl)cc(Oc2c(Cl)ccc(CNC(=O)c3[nH]c4ccccc4c3Cl)c2F)c1.O=C(O)C(F)(F)F. The van der Waals surface area contributed by atoms with Gasteiger partial charge in [0.05, 0.1) is 21.7 Å². The van der Waals surface area contributed by atoms with Crippen molar-refractivity contribution >= 4 is 57.6 Å². The number of aromatic nitrogens is 1. The highest BCUT2D eigenvalue weighted by Gasteiger charge is 2.38. The maximum Gasteiger partial charge on any atom is 0.490 e. The van der Waals surface area contributed by atoms with Gasteiger partial charge in [-0.3, -0.25) is 4.79 Å². The monoisotopic (exact) mass is 601 g/mol. The van der Waals surface area contributed by atoms with Crippen molar-refractivity contribution in [2.45, 2.75) is 12.7 Å². The summed E-state index contributed by atoms with van der Waals surface area (Å²) >= 11 is 18.4. The molecule has 0 saturated heterocycles. The highest BCUT2D eigenvalue weighted by atomic mass is 35.5. The Bertz CT molecular complexity index is 1600. The summed E-state index contributed by atoms with van der Waals surface area (Å²) in [6.45, 7) is -0.136. The molecule has 1 aromatic heterocycles. The van der Waals surface area contributed by atoms with Crippen LogP contribution in [0.5, 0.6) is 11.5 Å². The first-order valence-corrected chi connectivity index (χ1v) is 11.6. The average Bonchev–Trinajstić information content (AvgIpc) is 3.22. The Morgan fingerprint density at radius 1 is 1.08 bits per heavy atom. The van der Waals surface area contributed by atoms with Crippen LogP contribution in [0.4, 0.5) is 17.6 Å². The Hall–Kier alpha value is -3.98. The van der Waals surface area contributed by atoms with Gasteiger partial charge in [-0.25, -0.2) is 9.18 Å². The van der Waals surface area contributed by atoms with Crippen LogP contribution in [0.25, 0.3) is 10.9 Å². The quantitative estimate of drug-likeness (QED) is 0.205. The zero-order chi connectivity index (χ0) is 28.9. The third-order valence-electron chi connectivity index (χ3n) is 4.90. The normalized spacial score (nSPS) is 10.8. The fourth-order valence-electron chi connectivity index (χ4n) is 3.14. The number of halogens is 7. The van der Waals surface area contributed by atoms with Crippen molar-refractivity contribution in [1.82, 2.24) is 10.3 Å². The second kappa shape index (κ2) is 12.3. The van der Waals surface area contributed by atoms with Crippen molar-refractivity contribution in [3.05, 3.63) is 92.3 Å². The Kier molecular flexibility index (Phi) is 9.29. The fourth-order valence-corrected chi connectivity index (χ4v) is 3.84. The molecule has 1 amide bonds. The molecular formula is C25H14Cl3F4N3O4. The second-order valence-corrected chi connectivity index (χ2v) is 8.81. The van der Waals surface area contributed by atoms with E-state index < -0.39 is 23.9 Å². The largest absolute Gasteiger partial charge is 0.490 e. The summed E-state index contributed by atoms with van der Waals surface area (Å²) < 4.78 is 52.4. The van der Waals surface area contributed by atoms with E-state index in [9.17, 15) is 18.0 Å². The Morgan fingerprint density at radius 2 is 1.74 bits per heavy atom. The number of carboxylic acids is 1. The molecule has 7 nitrogen and oxygen atoms in total. The molecule has 3 aromatic carbocycles. The molecule has 0 aliphatic heterocycles. The molecule has 4 aromatic rings. The lowest BCUT2D eigenvalue weighted by atomic mass is 10.2. The van der Waals surface area contributed by atoms with Crippen LogP contribution >= 0.6 is 34.8 Å². The number of amides is 1. The van der Waals surface area contributed by atoms with Gasteiger partial charge in [0.25, 0.3) is 5.91 Å². The number of nitrogens with zero attached hydrogens (tertiary/aromatic N) is 1. The summed E-state index contributed by atoms with van der Waals surface area (Å²) in [6, 6.07) is 16.4. The van der Waals surface area contributed by atoms with Gasteiger partial charge in [-0.05, 0) is 30.3 Å². The number of fused-ring (bicyclic) bond motifs is 1. The molecule has 0 bridgehead atoms. The number of hydrogen-bond donors (Lipinski definition) is 3. The molecular weight excluding hydrogens is 589 g/mol. The zero-order valence-corrected chi connectivity index (χ0v) is 21.4. The van der Waals surface area contributed by atoms with E-state index >= 15 is 4.39 Å². The van der Waals surface area contributed by atoms with Crippen molar-refractivity contribution < 1.29 is 37.0 Å². The number of H-pyrrole nitrogens is 1. The van der Waals surface area contributed by atoms with E-state index in [-0.39, 0.29) is 49.9 Å². The lowest BCUT2D eigenvalue weighted by molar-refractivity contribution is -0.192. The molecule has 3 N–H and O–H groups in total. The van der Waals surface area contributed by atoms with Gasteiger partial charge in [0, 0.05) is 28.0 Å². The highest BCUT2D eigenvalue weighted by molar-refractivity contribution is 6.38. The van der Waals surface area contributed by atoms with Crippen LogP contribution in [0.2, 0.25) is 15.1 Å². The molecule has 0 spiro atoms. The summed E-state index contributed by atoms with van der Waals surface area (Å²) in [4.78, 5) is 24.5. The molecule has 0 atom stereocenters. The average molecular weight is 603 g/mol. The highest BCUT2D eigenvalue weighted by Crippen LogP contribution is 2.35. The predicted molar refractivity (Wildman–Crippen MR) is 136 cm³/mol. The van der Waals surface area contributed by atoms with Gasteiger partial charge in [0.2, 0.25) is 0 Å². The summed E-state index contributed by atoms with van der Waals surface area (Å²) in [5.74, 6) is -4.09. The van der Waals surface area contributed by atoms with E-state index in [0.29, 0.717) is 10.9 Å². The molecule has 14 heteroatoms. The Labute approximate surface area is 232 Å². The Balaban J connectivity index is 0.000000532. The number of nitriles is 1. The zero-order valence-electron chi connectivity index (χ0n) is 19.2. The number of benzene rings is 3. The maximum atomic E-state index is 15.1. The van der Waals surface area contributed by atoms with Crippen LogP contribution in [0, 0.1) is 17.1 Å². The number of para-hydroxylation sites is 1. The van der Waals surface area contributed by atoms with Gasteiger partial charge in [0.1, 0.15) is 11.4 Å². The van der Waals surface area contributed by atoms with Crippen LogP contribution in [0.15, 0.2) is 54.6 Å². The second-order valence-electron chi connectivity index (χ2n) is 7.58. The fraction of sp³-hybridized carbons (Fsp3) is 0.0800. The van der Waals surface area contributed by atoms with E-state index in [1.165, 1.54) is 30.3 Å². The van der Waals surface area contributed by atoms with Crippen molar-refractivity contribution in [2.75, 3.05) is 0 Å². The number of ether oxygens (including phenoxy) is 1. The van der Waals surface area contributed by atoms with E-state index in [1.54, 1.807) is 12.1 Å². The summed E-state index contributed by atoms with van der Waals surface area (Å²) in [6.07, 6.45) is -5.08. The van der Waals surface area contributed by atoms with Gasteiger partial charge in [-0.1, -0.05) is 59.1 Å². The van der Waals surface area contributed by atoms with E-state index in [0.717, 1.165) is 0 Å². The first-order chi connectivity index (χ1) is 18.3. The summed E-state index contributed by atoms with van der Waals surface area (Å²) in [5, 5.41) is 20.1. The molecule has 0 saturated carbocycles. The van der Waals surface area contributed by atoms with Gasteiger partial charge in [0.15, 0.2) is 11.6 Å². The molecule has 4 rings (SSSR count). The predicted octanol–water partition coefficient (Wildman–Crippen LogP) is 7.49. The molecule has 0 aliphatic rings. The van der Waals surface area contributed by atoms with Gasteiger partial charge in [-0.2, -0.15) is 18.4 Å². The topological polar surface area (TPSA) is 115 Å². The van der Waals surface area contributed by atoms with Gasteiger partial charge < -0.3 is 20.1 Å². The lowest BCUT2D eigenvalue weighted by Gasteiger charge is -2.13. The minimum Gasteiger partial charge on any atom is -0.475 e. The number of rotatable bonds is 5. The standard InChI is InChI=1S/C23H13Cl3FN3O2.C2HF3O2/c24-14-7-12(10-28)8-15(9-14)32-22-17(25)6-5-13(20(22)27)11-29-23(31)21-19(26)16-3-1-2-4-18(16)30-21;3-2(4,5)1(6)7/h1-9,30H,11H2,(H,29,31);(H,6,7). The number of hydrogen-bond acceptors (Lipinski definition) is 4. The third kappa shape index (κ3) is 7.32. The molecule has 39 heavy (non-hydrogen) atoms. The first-order valence-electron chi connectivity index (χ1n) is 10.5. The van der Waals surface area contributed by atoms with Crippen LogP contribution in [-0.2, 0) is 11.3 Å². The van der Waals surface area contributed by atoms with Gasteiger partial charge in [-0.15, -0.1) is 0 Å². The van der Waals surface area contributed by atoms with Crippen molar-refractivity contribution in [3.8, 4) is 17.6 Å². The number of alkyl halides is 3. The molecule has 0 radical (unpaired) electrons. The van der Waals surface area contributed by atoms with Gasteiger partial charge >= 0.3 is 12.1 Å². The molecule has 1 heterocycles. The molecule has 202 valence electrons. The number of nitrogens with one attached hydrogen (secondary N) is 2. The third-order valence-corrected chi connectivity index (χ3v) is 5.81. The molecule has 0 unspecified atom stereocenters. The minimum atomic E-state index is -5.08. The summed E-state index contributed by atoms with van der Waals surface area (Å²) in [5.41, 5.74) is 1.30. The molecule has 0 fully saturated rings. The van der Waals surface area contributed by atoms with Crippen molar-refractivity contribution in [3.63, 3.8) is 0 Å². The number of aliphatic carboxylic acids is 1. The van der Waals surface area contributed by atoms with E-state index in [1.807, 2.05) is 18.2 Å². The van der Waals surface area contributed by atoms with Crippen LogP contribution in [-0.4, -0.2) is 28.1 Å². The molecule has 0 aliphatic carbocycles. The number of carbonyl (C=O) groups excluding carboxylic acids is 1. The van der Waals surface area contributed by atoms with Crippen LogP contribution in [0.1, 0.15) is 21.6 Å². The number of carbonyl (C=O) groups is 2. The lowest BCUT2D eigenvalue weighted by Crippen LogP contribution is -2.24. The smallest absolute Gasteiger partial charge is 0.475 e. The minimum absolute atomic E-state index is 0.0229.